The summed E-state index contributed by atoms with van der Waals surface area (Å²) in [6, 6.07) is 0. The number of rotatable bonds is 3. The lowest BCUT2D eigenvalue weighted by Crippen LogP contribution is -2.06. The first kappa shape index (κ1) is 8.52. The second-order valence-electron chi connectivity index (χ2n) is 3.82. The maximum atomic E-state index is 5.32. The SMILES string of the molecule is [CH](CC1CCOC1)C1CCOC1. The Morgan fingerprint density at radius 2 is 1.92 bits per heavy atom. The Morgan fingerprint density at radius 3 is 2.58 bits per heavy atom. The van der Waals surface area contributed by atoms with E-state index in [1.54, 1.807) is 0 Å². The van der Waals surface area contributed by atoms with Crippen molar-refractivity contribution in [3.63, 3.8) is 0 Å². The average Bonchev–Trinajstić information content (AvgIpc) is 2.74. The van der Waals surface area contributed by atoms with E-state index in [9.17, 15) is 0 Å². The van der Waals surface area contributed by atoms with Crippen LogP contribution in [0.2, 0.25) is 0 Å². The van der Waals surface area contributed by atoms with Gasteiger partial charge in [-0.3, -0.25) is 0 Å². The molecule has 0 N–H and O–H groups in total. The van der Waals surface area contributed by atoms with Crippen LogP contribution in [-0.4, -0.2) is 26.4 Å². The van der Waals surface area contributed by atoms with E-state index in [0.717, 1.165) is 38.3 Å². The van der Waals surface area contributed by atoms with Crippen LogP contribution in [0.3, 0.4) is 0 Å². The third-order valence-corrected chi connectivity index (χ3v) is 2.79. The summed E-state index contributed by atoms with van der Waals surface area (Å²) in [6.07, 6.45) is 6.15. The van der Waals surface area contributed by atoms with E-state index in [1.807, 2.05) is 0 Å². The topological polar surface area (TPSA) is 18.5 Å². The van der Waals surface area contributed by atoms with Gasteiger partial charge in [-0.05, 0) is 37.5 Å². The van der Waals surface area contributed by atoms with E-state index >= 15 is 0 Å². The minimum Gasteiger partial charge on any atom is -0.381 e. The zero-order chi connectivity index (χ0) is 8.23. The summed E-state index contributed by atoms with van der Waals surface area (Å²) in [6.45, 7) is 3.86. The highest BCUT2D eigenvalue weighted by atomic mass is 16.5. The first-order chi connectivity index (χ1) is 5.95. The van der Waals surface area contributed by atoms with Gasteiger partial charge in [0.15, 0.2) is 0 Å². The Balaban J connectivity index is 1.60. The van der Waals surface area contributed by atoms with Gasteiger partial charge in [-0.2, -0.15) is 0 Å². The summed E-state index contributed by atoms with van der Waals surface area (Å²) < 4.78 is 10.6. The summed E-state index contributed by atoms with van der Waals surface area (Å²) in [5.41, 5.74) is 0. The molecule has 2 rings (SSSR count). The molecule has 69 valence electrons. The molecular weight excluding hydrogens is 152 g/mol. The van der Waals surface area contributed by atoms with Crippen molar-refractivity contribution in [2.24, 2.45) is 11.8 Å². The molecule has 0 aromatic carbocycles. The zero-order valence-corrected chi connectivity index (χ0v) is 7.50. The lowest BCUT2D eigenvalue weighted by molar-refractivity contribution is 0.181. The maximum Gasteiger partial charge on any atom is 0.0497 e. The molecule has 2 aliphatic heterocycles. The fourth-order valence-electron chi connectivity index (χ4n) is 1.89. The summed E-state index contributed by atoms with van der Waals surface area (Å²) in [5.74, 6) is 1.52. The third kappa shape index (κ3) is 2.20. The number of ether oxygens (including phenoxy) is 2. The standard InChI is InChI=1S/C10H17O2/c1(9-3-5-11-7-9)2-10-4-6-12-8-10/h1,9-10H,2-8H2. The third-order valence-electron chi connectivity index (χ3n) is 2.79. The van der Waals surface area contributed by atoms with Gasteiger partial charge in [-0.25, -0.2) is 0 Å². The zero-order valence-electron chi connectivity index (χ0n) is 7.50. The highest BCUT2D eigenvalue weighted by Crippen LogP contribution is 2.23. The average molecular weight is 169 g/mol. The van der Waals surface area contributed by atoms with E-state index in [0.29, 0.717) is 0 Å². The Kier molecular flexibility index (Phi) is 3.01. The largest absolute Gasteiger partial charge is 0.381 e. The molecule has 0 amide bonds. The van der Waals surface area contributed by atoms with Gasteiger partial charge in [0.2, 0.25) is 0 Å². The second kappa shape index (κ2) is 4.24. The number of hydrogen-bond donors (Lipinski definition) is 0. The minimum absolute atomic E-state index is 0.727. The molecule has 2 aliphatic rings. The Hall–Kier alpha value is -0.0800. The first-order valence-electron chi connectivity index (χ1n) is 4.94. The molecule has 12 heavy (non-hydrogen) atoms. The van der Waals surface area contributed by atoms with Crippen LogP contribution in [0, 0.1) is 18.3 Å². The van der Waals surface area contributed by atoms with Gasteiger partial charge in [0.05, 0.1) is 0 Å². The molecule has 2 nitrogen and oxygen atoms in total. The smallest absolute Gasteiger partial charge is 0.0497 e. The van der Waals surface area contributed by atoms with E-state index in [1.165, 1.54) is 19.3 Å². The predicted molar refractivity (Wildman–Crippen MR) is 46.8 cm³/mol. The van der Waals surface area contributed by atoms with Crippen LogP contribution >= 0.6 is 0 Å². The molecule has 2 fully saturated rings. The summed E-state index contributed by atoms with van der Waals surface area (Å²) in [4.78, 5) is 0. The van der Waals surface area contributed by atoms with E-state index in [-0.39, 0.29) is 0 Å². The van der Waals surface area contributed by atoms with Crippen LogP contribution < -0.4 is 0 Å². The molecule has 2 unspecified atom stereocenters. The van der Waals surface area contributed by atoms with Crippen LogP contribution in [0.1, 0.15) is 19.3 Å². The fourth-order valence-corrected chi connectivity index (χ4v) is 1.89. The Morgan fingerprint density at radius 1 is 1.08 bits per heavy atom. The number of hydrogen-bond acceptors (Lipinski definition) is 2. The van der Waals surface area contributed by atoms with Crippen molar-refractivity contribution < 1.29 is 9.47 Å². The maximum absolute atomic E-state index is 5.32. The quantitative estimate of drug-likeness (QED) is 0.639. The van der Waals surface area contributed by atoms with Crippen molar-refractivity contribution in [1.29, 1.82) is 0 Å². The summed E-state index contributed by atoms with van der Waals surface area (Å²) in [5, 5.41) is 0. The van der Waals surface area contributed by atoms with Crippen molar-refractivity contribution in [2.75, 3.05) is 26.4 Å². The lowest BCUT2D eigenvalue weighted by Gasteiger charge is -2.10. The second-order valence-corrected chi connectivity index (χ2v) is 3.82. The lowest BCUT2D eigenvalue weighted by atomic mass is 9.95. The van der Waals surface area contributed by atoms with Gasteiger partial charge in [0.1, 0.15) is 0 Å². The Labute approximate surface area is 74.2 Å². The van der Waals surface area contributed by atoms with Gasteiger partial charge in [0, 0.05) is 26.4 Å². The van der Waals surface area contributed by atoms with Crippen LogP contribution in [0.4, 0.5) is 0 Å². The van der Waals surface area contributed by atoms with E-state index < -0.39 is 0 Å². The van der Waals surface area contributed by atoms with Crippen LogP contribution in [0.15, 0.2) is 0 Å². The molecule has 2 heteroatoms. The van der Waals surface area contributed by atoms with Crippen molar-refractivity contribution >= 4 is 0 Å². The van der Waals surface area contributed by atoms with Crippen molar-refractivity contribution in [2.45, 2.75) is 19.3 Å². The fraction of sp³-hybridized carbons (Fsp3) is 0.900. The first-order valence-corrected chi connectivity index (χ1v) is 4.94. The van der Waals surface area contributed by atoms with E-state index in [2.05, 4.69) is 6.42 Å². The molecule has 2 saturated heterocycles. The van der Waals surface area contributed by atoms with Gasteiger partial charge in [-0.1, -0.05) is 0 Å². The molecular formula is C10H17O2. The van der Waals surface area contributed by atoms with Gasteiger partial charge in [-0.15, -0.1) is 0 Å². The van der Waals surface area contributed by atoms with Gasteiger partial charge >= 0.3 is 0 Å². The highest BCUT2D eigenvalue weighted by Gasteiger charge is 2.20. The predicted octanol–water partition coefficient (Wildman–Crippen LogP) is 1.65. The van der Waals surface area contributed by atoms with E-state index in [4.69, 9.17) is 9.47 Å². The molecule has 2 heterocycles. The molecule has 0 aromatic rings. The van der Waals surface area contributed by atoms with Crippen LogP contribution in [0.5, 0.6) is 0 Å². The summed E-state index contributed by atoms with van der Waals surface area (Å²) in [7, 11) is 0. The van der Waals surface area contributed by atoms with Crippen LogP contribution in [0.25, 0.3) is 0 Å². The van der Waals surface area contributed by atoms with Crippen molar-refractivity contribution in [3.8, 4) is 0 Å². The highest BCUT2D eigenvalue weighted by molar-refractivity contribution is 4.82. The van der Waals surface area contributed by atoms with Crippen molar-refractivity contribution in [1.82, 2.24) is 0 Å². The van der Waals surface area contributed by atoms with Gasteiger partial charge in [0.25, 0.3) is 0 Å². The molecule has 0 saturated carbocycles. The Bertz CT molecular complexity index is 108. The molecule has 0 aliphatic carbocycles. The molecule has 2 atom stereocenters. The monoisotopic (exact) mass is 169 g/mol. The normalized spacial score (nSPS) is 36.0. The molecule has 0 bridgehead atoms. The van der Waals surface area contributed by atoms with Crippen LogP contribution in [-0.2, 0) is 9.47 Å². The molecule has 0 aromatic heterocycles. The molecule has 1 radical (unpaired) electrons. The van der Waals surface area contributed by atoms with Crippen molar-refractivity contribution in [3.05, 3.63) is 6.42 Å². The van der Waals surface area contributed by atoms with Gasteiger partial charge < -0.3 is 9.47 Å². The minimum atomic E-state index is 0.727. The summed E-state index contributed by atoms with van der Waals surface area (Å²) >= 11 is 0. The molecule has 0 spiro atoms.